The number of hydrogen-bond acceptors (Lipinski definition) is 5. The number of aliphatic carboxylic acids is 1. The van der Waals surface area contributed by atoms with E-state index in [2.05, 4.69) is 0 Å². The molecule has 0 bridgehead atoms. The summed E-state index contributed by atoms with van der Waals surface area (Å²) in [7, 11) is -2.55. The number of sulfonamides is 1. The molecule has 1 aromatic carbocycles. The maximum atomic E-state index is 12.2. The molecule has 0 aliphatic heterocycles. The largest absolute Gasteiger partial charge is 0.497 e. The van der Waals surface area contributed by atoms with Gasteiger partial charge in [-0.2, -0.15) is 0 Å². The van der Waals surface area contributed by atoms with Crippen LogP contribution in [0, 0.1) is 0 Å². The molecule has 0 unspecified atom stereocenters. The van der Waals surface area contributed by atoms with Gasteiger partial charge in [-0.3, -0.25) is 9.63 Å². The number of benzene rings is 1. The third-order valence-electron chi connectivity index (χ3n) is 2.16. The minimum atomic E-state index is -4.01. The third-order valence-corrected chi connectivity index (χ3v) is 3.80. The fourth-order valence-corrected chi connectivity index (χ4v) is 2.56. The van der Waals surface area contributed by atoms with Crippen LogP contribution >= 0.6 is 0 Å². The van der Waals surface area contributed by atoms with E-state index in [-0.39, 0.29) is 11.5 Å². The lowest BCUT2D eigenvalue weighted by atomic mass is 10.3. The van der Waals surface area contributed by atoms with Crippen LogP contribution in [0.25, 0.3) is 0 Å². The number of hydrogen-bond donors (Lipinski definition) is 1. The fourth-order valence-electron chi connectivity index (χ4n) is 1.32. The van der Waals surface area contributed by atoms with E-state index in [1.807, 2.05) is 0 Å². The maximum absolute atomic E-state index is 12.2. The molecule has 0 saturated carbocycles. The molecule has 0 amide bonds. The quantitative estimate of drug-likeness (QED) is 0.743. The van der Waals surface area contributed by atoms with Gasteiger partial charge in [0.1, 0.15) is 12.3 Å². The summed E-state index contributed by atoms with van der Waals surface area (Å²) >= 11 is 0. The number of nitrogens with zero attached hydrogens (tertiary/aromatic N) is 1. The highest BCUT2D eigenvalue weighted by molar-refractivity contribution is 7.89. The molecule has 8 heteroatoms. The molecule has 0 saturated heterocycles. The summed E-state index contributed by atoms with van der Waals surface area (Å²) in [5.74, 6) is -0.800. The molecular formula is C11H15NO6S. The number of ether oxygens (including phenoxy) is 1. The first kappa shape index (κ1) is 15.4. The van der Waals surface area contributed by atoms with Gasteiger partial charge in [0.05, 0.1) is 18.6 Å². The molecule has 0 aliphatic carbocycles. The average molecular weight is 289 g/mol. The Kier molecular flexibility index (Phi) is 5.28. The van der Waals surface area contributed by atoms with E-state index in [0.29, 0.717) is 10.2 Å². The van der Waals surface area contributed by atoms with Crippen LogP contribution < -0.4 is 4.74 Å². The van der Waals surface area contributed by atoms with Crippen LogP contribution in [0.2, 0.25) is 0 Å². The predicted octanol–water partition coefficient (Wildman–Crippen LogP) is 0.722. The highest BCUT2D eigenvalue weighted by Gasteiger charge is 2.27. The normalized spacial score (nSPS) is 11.5. The van der Waals surface area contributed by atoms with Crippen molar-refractivity contribution in [2.75, 3.05) is 20.3 Å². The van der Waals surface area contributed by atoms with Crippen LogP contribution in [0.3, 0.4) is 0 Å². The summed E-state index contributed by atoms with van der Waals surface area (Å²) in [5, 5.41) is 8.70. The third kappa shape index (κ3) is 3.91. The Morgan fingerprint density at radius 1 is 1.32 bits per heavy atom. The molecule has 1 rings (SSSR count). The van der Waals surface area contributed by atoms with Crippen LogP contribution in [0.1, 0.15) is 6.92 Å². The number of carboxylic acids is 1. The van der Waals surface area contributed by atoms with E-state index in [0.717, 1.165) is 0 Å². The van der Waals surface area contributed by atoms with Gasteiger partial charge in [0, 0.05) is 0 Å². The van der Waals surface area contributed by atoms with Gasteiger partial charge >= 0.3 is 5.97 Å². The molecule has 0 aliphatic rings. The summed E-state index contributed by atoms with van der Waals surface area (Å²) < 4.78 is 29.7. The van der Waals surface area contributed by atoms with E-state index >= 15 is 0 Å². The zero-order valence-corrected chi connectivity index (χ0v) is 11.4. The highest BCUT2D eigenvalue weighted by Crippen LogP contribution is 2.19. The Morgan fingerprint density at radius 3 is 2.32 bits per heavy atom. The van der Waals surface area contributed by atoms with Gasteiger partial charge < -0.3 is 9.84 Å². The standard InChI is InChI=1S/C11H15NO6S/c1-3-18-12(8-11(13)14)19(15,16)10-6-4-9(17-2)5-7-10/h4-7H,3,8H2,1-2H3,(H,13,14). The van der Waals surface area contributed by atoms with Gasteiger partial charge in [-0.25, -0.2) is 8.42 Å². The zero-order chi connectivity index (χ0) is 14.5. The van der Waals surface area contributed by atoms with Crippen LogP contribution in [-0.4, -0.2) is 44.2 Å². The van der Waals surface area contributed by atoms with E-state index in [4.69, 9.17) is 14.7 Å². The van der Waals surface area contributed by atoms with Gasteiger partial charge in [-0.15, -0.1) is 0 Å². The van der Waals surface area contributed by atoms with Crippen LogP contribution in [0.15, 0.2) is 29.2 Å². The molecule has 1 aromatic rings. The lowest BCUT2D eigenvalue weighted by Crippen LogP contribution is -2.35. The Labute approximate surface area is 111 Å². The van der Waals surface area contributed by atoms with Gasteiger partial charge in [-0.1, -0.05) is 4.47 Å². The molecule has 19 heavy (non-hydrogen) atoms. The summed E-state index contributed by atoms with van der Waals surface area (Å²) in [4.78, 5) is 15.5. The monoisotopic (exact) mass is 289 g/mol. The molecule has 0 atom stereocenters. The van der Waals surface area contributed by atoms with Crippen molar-refractivity contribution in [3.63, 3.8) is 0 Å². The number of carbonyl (C=O) groups is 1. The molecule has 106 valence electrons. The predicted molar refractivity (Wildman–Crippen MR) is 66.1 cm³/mol. The lowest BCUT2D eigenvalue weighted by Gasteiger charge is -2.18. The number of methoxy groups -OCH3 is 1. The summed E-state index contributed by atoms with van der Waals surface area (Å²) in [5.41, 5.74) is 0. The molecule has 0 fully saturated rings. The SMILES string of the molecule is CCON(CC(=O)O)S(=O)(=O)c1ccc(OC)cc1. The number of rotatable bonds is 7. The minimum absolute atomic E-state index is 0.0443. The van der Waals surface area contributed by atoms with Crippen molar-refractivity contribution < 1.29 is 27.9 Å². The minimum Gasteiger partial charge on any atom is -0.497 e. The van der Waals surface area contributed by atoms with Crippen molar-refractivity contribution in [1.82, 2.24) is 4.47 Å². The van der Waals surface area contributed by atoms with E-state index in [1.165, 1.54) is 31.4 Å². The van der Waals surface area contributed by atoms with Crippen LogP contribution in [0.4, 0.5) is 0 Å². The van der Waals surface area contributed by atoms with Crippen molar-refractivity contribution in [2.45, 2.75) is 11.8 Å². The summed E-state index contributed by atoms with van der Waals surface area (Å²) in [6, 6.07) is 5.58. The first-order valence-corrected chi connectivity index (χ1v) is 6.87. The van der Waals surface area contributed by atoms with E-state index < -0.39 is 22.5 Å². The van der Waals surface area contributed by atoms with Gasteiger partial charge in [0.25, 0.3) is 10.0 Å². The van der Waals surface area contributed by atoms with E-state index in [1.54, 1.807) is 6.92 Å². The van der Waals surface area contributed by atoms with Gasteiger partial charge in [0.15, 0.2) is 0 Å². The van der Waals surface area contributed by atoms with E-state index in [9.17, 15) is 13.2 Å². The summed E-state index contributed by atoms with van der Waals surface area (Å²) in [6.45, 7) is 0.850. The van der Waals surface area contributed by atoms with Gasteiger partial charge in [0.2, 0.25) is 0 Å². The fraction of sp³-hybridized carbons (Fsp3) is 0.364. The Balaban J connectivity index is 3.06. The van der Waals surface area contributed by atoms with Crippen molar-refractivity contribution >= 4 is 16.0 Å². The lowest BCUT2D eigenvalue weighted by molar-refractivity contribution is -0.148. The molecular weight excluding hydrogens is 274 g/mol. The van der Waals surface area contributed by atoms with Crippen molar-refractivity contribution in [1.29, 1.82) is 0 Å². The van der Waals surface area contributed by atoms with Crippen LogP contribution in [0.5, 0.6) is 5.75 Å². The Morgan fingerprint density at radius 2 is 1.89 bits per heavy atom. The molecule has 0 radical (unpaired) electrons. The van der Waals surface area contributed by atoms with Crippen molar-refractivity contribution in [3.8, 4) is 5.75 Å². The average Bonchev–Trinajstić information content (AvgIpc) is 2.38. The van der Waals surface area contributed by atoms with Crippen molar-refractivity contribution in [3.05, 3.63) is 24.3 Å². The summed E-state index contributed by atoms with van der Waals surface area (Å²) in [6.07, 6.45) is 0. The van der Waals surface area contributed by atoms with Crippen LogP contribution in [-0.2, 0) is 19.7 Å². The molecule has 0 heterocycles. The molecule has 7 nitrogen and oxygen atoms in total. The first-order valence-electron chi connectivity index (χ1n) is 5.43. The number of carboxylic acid groups (broad SMARTS) is 1. The Hall–Kier alpha value is -1.64. The smallest absolute Gasteiger partial charge is 0.321 e. The number of hydroxylamine groups is 1. The Bertz CT molecular complexity index is 525. The molecule has 0 spiro atoms. The maximum Gasteiger partial charge on any atom is 0.321 e. The van der Waals surface area contributed by atoms with Gasteiger partial charge in [-0.05, 0) is 31.2 Å². The molecule has 1 N–H and O–H groups in total. The van der Waals surface area contributed by atoms with Crippen molar-refractivity contribution in [2.24, 2.45) is 0 Å². The zero-order valence-electron chi connectivity index (χ0n) is 10.6. The molecule has 0 aromatic heterocycles. The first-order chi connectivity index (χ1) is 8.91. The second-order valence-corrected chi connectivity index (χ2v) is 5.28. The second kappa shape index (κ2) is 6.50. The topological polar surface area (TPSA) is 93.1 Å². The second-order valence-electron chi connectivity index (χ2n) is 3.45. The highest BCUT2D eigenvalue weighted by atomic mass is 32.2.